The number of benzene rings is 3. The molecule has 1 saturated carbocycles. The normalized spacial score (nSPS) is 19.2. The zero-order valence-electron chi connectivity index (χ0n) is 17.7. The molecule has 0 amide bonds. The molecule has 0 heterocycles. The van der Waals surface area contributed by atoms with Crippen molar-refractivity contribution in [1.29, 1.82) is 0 Å². The van der Waals surface area contributed by atoms with E-state index in [2.05, 4.69) is 37.5 Å². The summed E-state index contributed by atoms with van der Waals surface area (Å²) in [6.45, 7) is 4.48. The molecule has 3 nitrogen and oxygen atoms in total. The summed E-state index contributed by atoms with van der Waals surface area (Å²) in [5, 5.41) is 2.08. The molecule has 1 aliphatic carbocycles. The Bertz CT molecular complexity index is 1040. The third-order valence-corrected chi connectivity index (χ3v) is 6.49. The van der Waals surface area contributed by atoms with Gasteiger partial charge in [-0.05, 0) is 58.7 Å². The lowest BCUT2D eigenvalue weighted by atomic mass is 10.1. The van der Waals surface area contributed by atoms with E-state index in [1.165, 1.54) is 4.90 Å². The molecule has 1 fully saturated rings. The predicted octanol–water partition coefficient (Wildman–Crippen LogP) is 7.10. The summed E-state index contributed by atoms with van der Waals surface area (Å²) in [4.78, 5) is 13.9. The van der Waals surface area contributed by atoms with Crippen molar-refractivity contribution in [2.24, 2.45) is 17.3 Å². The molecule has 4 heteroatoms. The number of esters is 1. The molecule has 158 valence electrons. The zero-order chi connectivity index (χ0) is 21.7. The van der Waals surface area contributed by atoms with Crippen LogP contribution in [0, 0.1) is 17.3 Å². The maximum atomic E-state index is 12.7. The van der Waals surface area contributed by atoms with Gasteiger partial charge in [0.25, 0.3) is 0 Å². The molecule has 0 saturated heterocycles. The fourth-order valence-electron chi connectivity index (χ4n) is 3.76. The van der Waals surface area contributed by atoms with Crippen LogP contribution >= 0.6 is 11.8 Å². The second-order valence-electron chi connectivity index (χ2n) is 8.25. The van der Waals surface area contributed by atoms with Crippen molar-refractivity contribution < 1.29 is 14.3 Å². The summed E-state index contributed by atoms with van der Waals surface area (Å²) in [7, 11) is 0. The number of carbonyl (C=O) groups excluding carboxylic acids is 1. The van der Waals surface area contributed by atoms with Crippen molar-refractivity contribution in [3.8, 4) is 11.5 Å². The smallest absolute Gasteiger partial charge is 0.310 e. The first-order valence-corrected chi connectivity index (χ1v) is 11.3. The largest absolute Gasteiger partial charge is 0.461 e. The van der Waals surface area contributed by atoms with Crippen LogP contribution in [0.5, 0.6) is 11.5 Å². The average molecular weight is 431 g/mol. The number of carbonyl (C=O) groups is 1. The van der Waals surface area contributed by atoms with Gasteiger partial charge in [-0.3, -0.25) is 4.79 Å². The Morgan fingerprint density at radius 1 is 0.935 bits per heavy atom. The van der Waals surface area contributed by atoms with Gasteiger partial charge in [-0.15, -0.1) is 0 Å². The first-order chi connectivity index (χ1) is 15.0. The highest BCUT2D eigenvalue weighted by Crippen LogP contribution is 2.59. The van der Waals surface area contributed by atoms with E-state index in [4.69, 9.17) is 9.47 Å². The van der Waals surface area contributed by atoms with Crippen LogP contribution in [0.4, 0.5) is 0 Å². The van der Waals surface area contributed by atoms with E-state index < -0.39 is 0 Å². The molecule has 4 rings (SSSR count). The first-order valence-electron chi connectivity index (χ1n) is 10.4. The molecule has 2 atom stereocenters. The van der Waals surface area contributed by atoms with E-state index >= 15 is 0 Å². The van der Waals surface area contributed by atoms with Crippen LogP contribution in [-0.2, 0) is 16.1 Å². The van der Waals surface area contributed by atoms with Gasteiger partial charge in [0.05, 0.1) is 5.92 Å². The molecule has 1 aliphatic rings. The number of hydrogen-bond acceptors (Lipinski definition) is 4. The summed E-state index contributed by atoms with van der Waals surface area (Å²) < 4.78 is 11.5. The van der Waals surface area contributed by atoms with Crippen molar-refractivity contribution >= 4 is 17.7 Å². The van der Waals surface area contributed by atoms with Crippen LogP contribution < -0.4 is 4.74 Å². The highest BCUT2D eigenvalue weighted by atomic mass is 32.2. The Hall–Kier alpha value is -2.98. The lowest BCUT2D eigenvalue weighted by Crippen LogP contribution is -2.10. The molecule has 0 aliphatic heterocycles. The Labute approximate surface area is 188 Å². The fourth-order valence-corrected chi connectivity index (χ4v) is 4.48. The standard InChI is InChI=1S/C27H26O3S/c1-27(2)24(16-17-31-23-14-7-4-8-15-23)25(27)26(28)29-19-20-10-9-13-22(18-20)30-21-11-5-3-6-12-21/h3-18,24-25H,19H2,1-2H3/b17-16+. The van der Waals surface area contributed by atoms with Crippen LogP contribution in [0.25, 0.3) is 0 Å². The van der Waals surface area contributed by atoms with E-state index in [0.717, 1.165) is 17.1 Å². The van der Waals surface area contributed by atoms with Crippen molar-refractivity contribution in [2.45, 2.75) is 25.3 Å². The first kappa shape index (κ1) is 21.3. The topological polar surface area (TPSA) is 35.5 Å². The maximum absolute atomic E-state index is 12.7. The molecule has 0 spiro atoms. The minimum absolute atomic E-state index is 0.0803. The molecule has 0 aromatic heterocycles. The van der Waals surface area contributed by atoms with Crippen LogP contribution in [0.1, 0.15) is 19.4 Å². The summed E-state index contributed by atoms with van der Waals surface area (Å²) >= 11 is 1.67. The van der Waals surface area contributed by atoms with Gasteiger partial charge in [-0.2, -0.15) is 0 Å². The van der Waals surface area contributed by atoms with E-state index in [9.17, 15) is 4.79 Å². The lowest BCUT2D eigenvalue weighted by Gasteiger charge is -2.09. The molecular formula is C27H26O3S. The molecular weight excluding hydrogens is 404 g/mol. The molecule has 31 heavy (non-hydrogen) atoms. The SMILES string of the molecule is CC1(C)C(/C=C/Sc2ccccc2)C1C(=O)OCc1cccc(Oc2ccccc2)c1. The third-order valence-electron chi connectivity index (χ3n) is 5.66. The average Bonchev–Trinajstić information content (AvgIpc) is 3.34. The second-order valence-corrected chi connectivity index (χ2v) is 9.23. The third kappa shape index (κ3) is 5.39. The fraction of sp³-hybridized carbons (Fsp3) is 0.222. The molecule has 0 N–H and O–H groups in total. The minimum Gasteiger partial charge on any atom is -0.461 e. The number of rotatable bonds is 8. The summed E-state index contributed by atoms with van der Waals surface area (Å²) in [6, 6.07) is 27.5. The summed E-state index contributed by atoms with van der Waals surface area (Å²) in [5.74, 6) is 1.45. The molecule has 2 unspecified atom stereocenters. The van der Waals surface area contributed by atoms with Gasteiger partial charge < -0.3 is 9.47 Å². The Balaban J connectivity index is 1.31. The van der Waals surface area contributed by atoms with Gasteiger partial charge in [0.15, 0.2) is 0 Å². The van der Waals surface area contributed by atoms with Crippen LogP contribution in [0.15, 0.2) is 101 Å². The van der Waals surface area contributed by atoms with Crippen LogP contribution in [0.3, 0.4) is 0 Å². The summed E-state index contributed by atoms with van der Waals surface area (Å²) in [6.07, 6.45) is 2.14. The zero-order valence-corrected chi connectivity index (χ0v) is 18.5. The highest BCUT2D eigenvalue weighted by molar-refractivity contribution is 8.02. The lowest BCUT2D eigenvalue weighted by molar-refractivity contribution is -0.147. The van der Waals surface area contributed by atoms with Crippen molar-refractivity contribution in [3.63, 3.8) is 0 Å². The molecule has 0 bridgehead atoms. The van der Waals surface area contributed by atoms with Crippen molar-refractivity contribution in [2.75, 3.05) is 0 Å². The van der Waals surface area contributed by atoms with Gasteiger partial charge in [0.2, 0.25) is 0 Å². The van der Waals surface area contributed by atoms with Gasteiger partial charge in [0, 0.05) is 4.90 Å². The monoisotopic (exact) mass is 430 g/mol. The van der Waals surface area contributed by atoms with Crippen LogP contribution in [0.2, 0.25) is 0 Å². The number of para-hydroxylation sites is 1. The number of thioether (sulfide) groups is 1. The van der Waals surface area contributed by atoms with Gasteiger partial charge >= 0.3 is 5.97 Å². The van der Waals surface area contributed by atoms with E-state index in [1.807, 2.05) is 72.8 Å². The Morgan fingerprint density at radius 3 is 2.35 bits per heavy atom. The quantitative estimate of drug-likeness (QED) is 0.282. The Morgan fingerprint density at radius 2 is 1.61 bits per heavy atom. The van der Waals surface area contributed by atoms with Crippen molar-refractivity contribution in [1.82, 2.24) is 0 Å². The Kier molecular flexibility index (Phi) is 6.47. The highest BCUT2D eigenvalue weighted by Gasteiger charge is 2.61. The molecule has 0 radical (unpaired) electrons. The van der Waals surface area contributed by atoms with Gasteiger partial charge in [-0.1, -0.05) is 80.2 Å². The van der Waals surface area contributed by atoms with E-state index in [-0.39, 0.29) is 29.8 Å². The number of hydrogen-bond donors (Lipinski definition) is 0. The van der Waals surface area contributed by atoms with E-state index in [1.54, 1.807) is 11.8 Å². The van der Waals surface area contributed by atoms with Crippen molar-refractivity contribution in [3.05, 3.63) is 102 Å². The minimum atomic E-state index is -0.140. The second kappa shape index (κ2) is 9.44. The van der Waals surface area contributed by atoms with Gasteiger partial charge in [-0.25, -0.2) is 0 Å². The summed E-state index contributed by atoms with van der Waals surface area (Å²) in [5.41, 5.74) is 0.829. The molecule has 3 aromatic rings. The maximum Gasteiger partial charge on any atom is 0.310 e. The predicted molar refractivity (Wildman–Crippen MR) is 125 cm³/mol. The van der Waals surface area contributed by atoms with Crippen LogP contribution in [-0.4, -0.2) is 5.97 Å². The van der Waals surface area contributed by atoms with E-state index in [0.29, 0.717) is 0 Å². The van der Waals surface area contributed by atoms with Gasteiger partial charge in [0.1, 0.15) is 18.1 Å². The number of allylic oxidation sites excluding steroid dienone is 1. The molecule has 3 aromatic carbocycles. The number of ether oxygens (including phenoxy) is 2.